The molecule has 0 radical (unpaired) electrons. The zero-order valence-electron chi connectivity index (χ0n) is 14.3. The summed E-state index contributed by atoms with van der Waals surface area (Å²) in [5.74, 6) is 0.102. The second-order valence-corrected chi connectivity index (χ2v) is 7.92. The summed E-state index contributed by atoms with van der Waals surface area (Å²) in [6.45, 7) is 10.1. The molecule has 0 aliphatic rings. The molecule has 0 bridgehead atoms. The highest BCUT2D eigenvalue weighted by Gasteiger charge is 2.28. The zero-order chi connectivity index (χ0) is 16.3. The van der Waals surface area contributed by atoms with Gasteiger partial charge in [-0.1, -0.05) is 20.8 Å². The molecule has 0 saturated heterocycles. The quantitative estimate of drug-likeness (QED) is 0.510. The average Bonchev–Trinajstić information content (AvgIpc) is 2.40. The van der Waals surface area contributed by atoms with E-state index < -0.39 is 10.0 Å². The monoisotopic (exact) mass is 322 g/mol. The van der Waals surface area contributed by atoms with Crippen molar-refractivity contribution < 1.29 is 13.2 Å². The summed E-state index contributed by atoms with van der Waals surface area (Å²) in [6, 6.07) is 0. The Hall–Kier alpha value is -0.170. The summed E-state index contributed by atoms with van der Waals surface area (Å²) in [4.78, 5) is 0. The van der Waals surface area contributed by atoms with Gasteiger partial charge in [0.05, 0.1) is 11.4 Å². The zero-order valence-corrected chi connectivity index (χ0v) is 15.1. The SMILES string of the molecule is CCCOC(C)CCC(C(C)C)S(=O)(=O)NCCCNC. The highest BCUT2D eigenvalue weighted by molar-refractivity contribution is 7.90. The molecule has 5 nitrogen and oxygen atoms in total. The van der Waals surface area contributed by atoms with Crippen LogP contribution in [0, 0.1) is 5.92 Å². The Kier molecular flexibility index (Phi) is 11.3. The van der Waals surface area contributed by atoms with Gasteiger partial charge in [0.1, 0.15) is 0 Å². The van der Waals surface area contributed by atoms with Crippen LogP contribution in [-0.4, -0.2) is 46.5 Å². The normalized spacial score (nSPS) is 15.3. The molecule has 2 atom stereocenters. The largest absolute Gasteiger partial charge is 0.379 e. The number of rotatable bonds is 13. The van der Waals surface area contributed by atoms with Crippen LogP contribution < -0.4 is 10.0 Å². The van der Waals surface area contributed by atoms with E-state index in [9.17, 15) is 8.42 Å². The molecule has 0 spiro atoms. The van der Waals surface area contributed by atoms with Gasteiger partial charge in [-0.05, 0) is 52.1 Å². The Morgan fingerprint density at radius 3 is 2.29 bits per heavy atom. The summed E-state index contributed by atoms with van der Waals surface area (Å²) in [5, 5.41) is 2.67. The predicted octanol–water partition coefficient (Wildman–Crippen LogP) is 2.14. The van der Waals surface area contributed by atoms with Crippen molar-refractivity contribution in [3.05, 3.63) is 0 Å². The van der Waals surface area contributed by atoms with Crippen LogP contribution in [0.5, 0.6) is 0 Å². The van der Waals surface area contributed by atoms with Crippen LogP contribution >= 0.6 is 0 Å². The predicted molar refractivity (Wildman–Crippen MR) is 89.0 cm³/mol. The van der Waals surface area contributed by atoms with Gasteiger partial charge < -0.3 is 10.1 Å². The lowest BCUT2D eigenvalue weighted by molar-refractivity contribution is 0.0586. The van der Waals surface area contributed by atoms with Gasteiger partial charge in [0.2, 0.25) is 10.0 Å². The number of ether oxygens (including phenoxy) is 1. The number of hydrogen-bond acceptors (Lipinski definition) is 4. The topological polar surface area (TPSA) is 67.4 Å². The first-order chi connectivity index (χ1) is 9.85. The molecule has 0 aromatic heterocycles. The van der Waals surface area contributed by atoms with Crippen molar-refractivity contribution in [1.29, 1.82) is 0 Å². The third kappa shape index (κ3) is 9.45. The first kappa shape index (κ1) is 20.8. The smallest absolute Gasteiger partial charge is 0.214 e. The van der Waals surface area contributed by atoms with Gasteiger partial charge in [0, 0.05) is 13.2 Å². The highest BCUT2D eigenvalue weighted by Crippen LogP contribution is 2.19. The van der Waals surface area contributed by atoms with Gasteiger partial charge in [0.25, 0.3) is 0 Å². The molecule has 0 rings (SSSR count). The Balaban J connectivity index is 4.38. The van der Waals surface area contributed by atoms with E-state index in [1.54, 1.807) is 0 Å². The van der Waals surface area contributed by atoms with E-state index in [-0.39, 0.29) is 17.3 Å². The fraction of sp³-hybridized carbons (Fsp3) is 1.00. The van der Waals surface area contributed by atoms with Crippen molar-refractivity contribution >= 4 is 10.0 Å². The van der Waals surface area contributed by atoms with Crippen LogP contribution in [0.1, 0.15) is 53.4 Å². The summed E-state index contributed by atoms with van der Waals surface area (Å²) in [6.07, 6.45) is 3.33. The van der Waals surface area contributed by atoms with Gasteiger partial charge in [-0.15, -0.1) is 0 Å². The maximum Gasteiger partial charge on any atom is 0.214 e. The maximum atomic E-state index is 12.4. The van der Waals surface area contributed by atoms with Crippen LogP contribution in [-0.2, 0) is 14.8 Å². The van der Waals surface area contributed by atoms with E-state index in [1.165, 1.54) is 0 Å². The number of hydrogen-bond donors (Lipinski definition) is 2. The Morgan fingerprint density at radius 1 is 1.10 bits per heavy atom. The molecule has 0 aliphatic carbocycles. The molecule has 6 heteroatoms. The van der Waals surface area contributed by atoms with Gasteiger partial charge in [-0.3, -0.25) is 0 Å². The van der Waals surface area contributed by atoms with E-state index in [0.29, 0.717) is 13.0 Å². The highest BCUT2D eigenvalue weighted by atomic mass is 32.2. The molecule has 0 aromatic rings. The molecule has 128 valence electrons. The van der Waals surface area contributed by atoms with Crippen LogP contribution in [0.25, 0.3) is 0 Å². The molecule has 0 aliphatic heterocycles. The molecule has 0 heterocycles. The minimum atomic E-state index is -3.25. The van der Waals surface area contributed by atoms with Crippen molar-refractivity contribution in [3.63, 3.8) is 0 Å². The van der Waals surface area contributed by atoms with Crippen LogP contribution in [0.3, 0.4) is 0 Å². The molecule has 0 aromatic carbocycles. The van der Waals surface area contributed by atoms with Crippen molar-refractivity contribution in [2.75, 3.05) is 26.7 Å². The Labute approximate surface area is 131 Å². The van der Waals surface area contributed by atoms with E-state index in [1.807, 2.05) is 27.8 Å². The summed E-state index contributed by atoms with van der Waals surface area (Å²) in [7, 11) is -1.39. The van der Waals surface area contributed by atoms with E-state index in [4.69, 9.17) is 4.74 Å². The van der Waals surface area contributed by atoms with Crippen molar-refractivity contribution in [2.24, 2.45) is 5.92 Å². The number of nitrogens with one attached hydrogen (secondary N) is 2. The lowest BCUT2D eigenvalue weighted by atomic mass is 10.0. The molecule has 0 saturated carbocycles. The number of sulfonamides is 1. The minimum absolute atomic E-state index is 0.102. The van der Waals surface area contributed by atoms with Gasteiger partial charge in [-0.25, -0.2) is 13.1 Å². The van der Waals surface area contributed by atoms with Crippen LogP contribution in [0.15, 0.2) is 0 Å². The van der Waals surface area contributed by atoms with Gasteiger partial charge in [-0.2, -0.15) is 0 Å². The second-order valence-electron chi connectivity index (χ2n) is 5.94. The third-order valence-electron chi connectivity index (χ3n) is 3.51. The standard InChI is InChI=1S/C15H34N2O3S/c1-6-12-20-14(4)8-9-15(13(2)3)21(18,19)17-11-7-10-16-5/h13-17H,6-12H2,1-5H3. The van der Waals surface area contributed by atoms with E-state index >= 15 is 0 Å². The van der Waals surface area contributed by atoms with Crippen molar-refractivity contribution in [1.82, 2.24) is 10.0 Å². The van der Waals surface area contributed by atoms with Gasteiger partial charge in [0.15, 0.2) is 0 Å². The fourth-order valence-electron chi connectivity index (χ4n) is 2.23. The Bertz CT molecular complexity index is 345. The molecule has 21 heavy (non-hydrogen) atoms. The first-order valence-electron chi connectivity index (χ1n) is 8.09. The first-order valence-corrected chi connectivity index (χ1v) is 9.64. The summed E-state index contributed by atoms with van der Waals surface area (Å²) in [5.41, 5.74) is 0. The molecular weight excluding hydrogens is 288 g/mol. The second kappa shape index (κ2) is 11.4. The average molecular weight is 323 g/mol. The van der Waals surface area contributed by atoms with E-state index in [0.717, 1.165) is 32.4 Å². The molecule has 2 N–H and O–H groups in total. The van der Waals surface area contributed by atoms with E-state index in [2.05, 4.69) is 17.0 Å². The van der Waals surface area contributed by atoms with Crippen LogP contribution in [0.4, 0.5) is 0 Å². The molecule has 0 fully saturated rings. The molecular formula is C15H34N2O3S. The minimum Gasteiger partial charge on any atom is -0.379 e. The van der Waals surface area contributed by atoms with Gasteiger partial charge >= 0.3 is 0 Å². The van der Waals surface area contributed by atoms with Crippen LogP contribution in [0.2, 0.25) is 0 Å². The lowest BCUT2D eigenvalue weighted by Gasteiger charge is -2.23. The molecule has 0 amide bonds. The summed E-state index contributed by atoms with van der Waals surface area (Å²) < 4.78 is 33.1. The van der Waals surface area contributed by atoms with Crippen molar-refractivity contribution in [3.8, 4) is 0 Å². The Morgan fingerprint density at radius 2 is 1.76 bits per heavy atom. The molecule has 2 unspecified atom stereocenters. The lowest BCUT2D eigenvalue weighted by Crippen LogP contribution is -2.39. The fourth-order valence-corrected chi connectivity index (χ4v) is 4.04. The maximum absolute atomic E-state index is 12.4. The third-order valence-corrected chi connectivity index (χ3v) is 5.70. The van der Waals surface area contributed by atoms with Crippen molar-refractivity contribution in [2.45, 2.75) is 64.7 Å². The summed E-state index contributed by atoms with van der Waals surface area (Å²) >= 11 is 0.